The molecule has 3 heteroatoms. The Kier molecular flexibility index (Phi) is 3.46. The molecule has 1 aliphatic carbocycles. The lowest BCUT2D eigenvalue weighted by Crippen LogP contribution is -2.61. The van der Waals surface area contributed by atoms with Gasteiger partial charge in [-0.3, -0.25) is 4.90 Å². The van der Waals surface area contributed by atoms with E-state index in [1.54, 1.807) is 0 Å². The Morgan fingerprint density at radius 3 is 2.62 bits per heavy atom. The first-order valence-electron chi connectivity index (χ1n) is 6.95. The summed E-state index contributed by atoms with van der Waals surface area (Å²) in [6.07, 6.45) is 8.60. The number of nitrogens with one attached hydrogen (secondary N) is 1. The van der Waals surface area contributed by atoms with E-state index in [1.165, 1.54) is 69.7 Å². The Morgan fingerprint density at radius 2 is 1.88 bits per heavy atom. The Hall–Kier alpha value is 0.270. The molecule has 1 N–H and O–H groups in total. The molecule has 0 unspecified atom stereocenters. The zero-order chi connectivity index (χ0) is 10.8. The number of piperazine rings is 1. The van der Waals surface area contributed by atoms with Crippen LogP contribution in [0.1, 0.15) is 38.5 Å². The van der Waals surface area contributed by atoms with Crippen LogP contribution in [-0.4, -0.2) is 47.6 Å². The lowest BCUT2D eigenvalue weighted by atomic mass is 9.93. The molecule has 16 heavy (non-hydrogen) atoms. The van der Waals surface area contributed by atoms with Crippen molar-refractivity contribution in [3.8, 4) is 0 Å². The summed E-state index contributed by atoms with van der Waals surface area (Å²) < 4.78 is 0. The summed E-state index contributed by atoms with van der Waals surface area (Å²) in [5.41, 5.74) is 0.517. The molecule has 0 amide bonds. The summed E-state index contributed by atoms with van der Waals surface area (Å²) >= 11 is 2.14. The minimum absolute atomic E-state index is 0.517. The highest BCUT2D eigenvalue weighted by Crippen LogP contribution is 2.34. The number of nitrogens with zero attached hydrogens (tertiary/aromatic N) is 1. The highest BCUT2D eigenvalue weighted by atomic mass is 32.2. The van der Waals surface area contributed by atoms with Crippen LogP contribution in [0.2, 0.25) is 0 Å². The Balaban J connectivity index is 1.62. The fraction of sp³-hybridized carbons (Fsp3) is 1.00. The van der Waals surface area contributed by atoms with Gasteiger partial charge >= 0.3 is 0 Å². The van der Waals surface area contributed by atoms with Gasteiger partial charge in [-0.05, 0) is 37.2 Å². The summed E-state index contributed by atoms with van der Waals surface area (Å²) in [5.74, 6) is 2.78. The van der Waals surface area contributed by atoms with Crippen molar-refractivity contribution >= 4 is 11.8 Å². The van der Waals surface area contributed by atoms with Crippen molar-refractivity contribution in [2.75, 3.05) is 31.1 Å². The van der Waals surface area contributed by atoms with Crippen LogP contribution in [0.4, 0.5) is 0 Å². The normalized spacial score (nSPS) is 32.2. The second-order valence-corrected chi connectivity index (χ2v) is 6.95. The van der Waals surface area contributed by atoms with E-state index in [2.05, 4.69) is 22.0 Å². The van der Waals surface area contributed by atoms with E-state index in [4.69, 9.17) is 0 Å². The molecule has 92 valence electrons. The summed E-state index contributed by atoms with van der Waals surface area (Å²) in [4.78, 5) is 2.81. The average molecular weight is 240 g/mol. The van der Waals surface area contributed by atoms with Crippen LogP contribution in [0.25, 0.3) is 0 Å². The number of hydrogen-bond acceptors (Lipinski definition) is 3. The molecule has 0 aromatic heterocycles. The standard InChI is InChI=1S/C13H24N2S/c1-2-6-13(5-1)11-15(8-7-14-13)12-3-9-16-10-4-12/h12,14H,1-11H2. The third-order valence-electron chi connectivity index (χ3n) is 4.67. The summed E-state index contributed by atoms with van der Waals surface area (Å²) in [6.45, 7) is 3.85. The van der Waals surface area contributed by atoms with E-state index in [0.29, 0.717) is 5.54 Å². The van der Waals surface area contributed by atoms with Crippen LogP contribution < -0.4 is 5.32 Å². The van der Waals surface area contributed by atoms with Gasteiger partial charge in [0.05, 0.1) is 0 Å². The van der Waals surface area contributed by atoms with Gasteiger partial charge in [-0.1, -0.05) is 12.8 Å². The topological polar surface area (TPSA) is 15.3 Å². The zero-order valence-electron chi connectivity index (χ0n) is 10.2. The van der Waals surface area contributed by atoms with Crippen LogP contribution in [0.5, 0.6) is 0 Å². The van der Waals surface area contributed by atoms with Crippen molar-refractivity contribution in [3.63, 3.8) is 0 Å². The molecular weight excluding hydrogens is 216 g/mol. The maximum absolute atomic E-state index is 3.82. The van der Waals surface area contributed by atoms with E-state index < -0.39 is 0 Å². The fourth-order valence-electron chi connectivity index (χ4n) is 3.74. The third-order valence-corrected chi connectivity index (χ3v) is 5.72. The molecule has 1 saturated carbocycles. The molecule has 1 spiro atoms. The third kappa shape index (κ3) is 2.27. The average Bonchev–Trinajstić information content (AvgIpc) is 2.78. The van der Waals surface area contributed by atoms with E-state index in [-0.39, 0.29) is 0 Å². The molecule has 3 fully saturated rings. The van der Waals surface area contributed by atoms with E-state index >= 15 is 0 Å². The smallest absolute Gasteiger partial charge is 0.0309 e. The molecule has 3 aliphatic rings. The van der Waals surface area contributed by atoms with Crippen molar-refractivity contribution in [3.05, 3.63) is 0 Å². The molecule has 0 atom stereocenters. The molecule has 2 saturated heterocycles. The molecule has 0 aromatic rings. The van der Waals surface area contributed by atoms with Gasteiger partial charge in [0.25, 0.3) is 0 Å². The lowest BCUT2D eigenvalue weighted by molar-refractivity contribution is 0.0894. The van der Waals surface area contributed by atoms with Crippen molar-refractivity contribution in [2.24, 2.45) is 0 Å². The van der Waals surface area contributed by atoms with E-state index in [9.17, 15) is 0 Å². The van der Waals surface area contributed by atoms with Gasteiger partial charge in [0, 0.05) is 31.2 Å². The summed E-state index contributed by atoms with van der Waals surface area (Å²) in [6, 6.07) is 0.904. The number of hydrogen-bond donors (Lipinski definition) is 1. The molecule has 2 aliphatic heterocycles. The molecule has 2 heterocycles. The van der Waals surface area contributed by atoms with Crippen molar-refractivity contribution in [1.29, 1.82) is 0 Å². The number of rotatable bonds is 1. The molecule has 2 nitrogen and oxygen atoms in total. The minimum Gasteiger partial charge on any atom is -0.309 e. The molecule has 3 rings (SSSR count). The first-order valence-corrected chi connectivity index (χ1v) is 8.10. The predicted octanol–water partition coefficient (Wildman–Crippen LogP) is 2.10. The molecule has 0 aromatic carbocycles. The first-order chi connectivity index (χ1) is 7.88. The highest BCUT2D eigenvalue weighted by molar-refractivity contribution is 7.99. The van der Waals surface area contributed by atoms with Crippen LogP contribution in [0.3, 0.4) is 0 Å². The predicted molar refractivity (Wildman–Crippen MR) is 71.1 cm³/mol. The van der Waals surface area contributed by atoms with Crippen LogP contribution >= 0.6 is 11.8 Å². The first kappa shape index (κ1) is 11.4. The molecule has 0 bridgehead atoms. The van der Waals surface area contributed by atoms with E-state index in [1.807, 2.05) is 0 Å². The van der Waals surface area contributed by atoms with Gasteiger partial charge in [-0.2, -0.15) is 11.8 Å². The van der Waals surface area contributed by atoms with Crippen LogP contribution in [0.15, 0.2) is 0 Å². The van der Waals surface area contributed by atoms with Crippen LogP contribution in [0, 0.1) is 0 Å². The summed E-state index contributed by atoms with van der Waals surface area (Å²) in [7, 11) is 0. The maximum Gasteiger partial charge on any atom is 0.0309 e. The molecular formula is C13H24N2S. The Morgan fingerprint density at radius 1 is 1.12 bits per heavy atom. The van der Waals surface area contributed by atoms with E-state index in [0.717, 1.165) is 6.04 Å². The maximum atomic E-state index is 3.82. The van der Waals surface area contributed by atoms with Crippen molar-refractivity contribution < 1.29 is 0 Å². The second-order valence-electron chi connectivity index (χ2n) is 5.73. The quantitative estimate of drug-likeness (QED) is 0.755. The van der Waals surface area contributed by atoms with Crippen molar-refractivity contribution in [2.45, 2.75) is 50.1 Å². The van der Waals surface area contributed by atoms with Gasteiger partial charge in [0.2, 0.25) is 0 Å². The van der Waals surface area contributed by atoms with Gasteiger partial charge in [0.15, 0.2) is 0 Å². The monoisotopic (exact) mass is 240 g/mol. The fourth-order valence-corrected chi connectivity index (χ4v) is 4.82. The molecule has 0 radical (unpaired) electrons. The van der Waals surface area contributed by atoms with Gasteiger partial charge in [-0.25, -0.2) is 0 Å². The van der Waals surface area contributed by atoms with Crippen molar-refractivity contribution in [1.82, 2.24) is 10.2 Å². The minimum atomic E-state index is 0.517. The zero-order valence-corrected chi connectivity index (χ0v) is 11.0. The highest BCUT2D eigenvalue weighted by Gasteiger charge is 2.39. The second kappa shape index (κ2) is 4.87. The SMILES string of the molecule is C1CCC2(C1)CN(C1CCSCC1)CCN2. The van der Waals surface area contributed by atoms with Gasteiger partial charge in [0.1, 0.15) is 0 Å². The van der Waals surface area contributed by atoms with Crippen LogP contribution in [-0.2, 0) is 0 Å². The number of thioether (sulfide) groups is 1. The Bertz CT molecular complexity index is 232. The lowest BCUT2D eigenvalue weighted by Gasteiger charge is -2.45. The van der Waals surface area contributed by atoms with Gasteiger partial charge in [-0.15, -0.1) is 0 Å². The van der Waals surface area contributed by atoms with Gasteiger partial charge < -0.3 is 5.32 Å². The Labute approximate surface area is 104 Å². The largest absolute Gasteiger partial charge is 0.309 e. The summed E-state index contributed by atoms with van der Waals surface area (Å²) in [5, 5.41) is 3.82.